The van der Waals surface area contributed by atoms with Crippen LogP contribution in [0.3, 0.4) is 0 Å². The van der Waals surface area contributed by atoms with Crippen LogP contribution in [0.5, 0.6) is 11.5 Å². The fourth-order valence-electron chi connectivity index (χ4n) is 3.98. The normalized spacial score (nSPS) is 19.2. The minimum Gasteiger partial charge on any atom is -0.490 e. The SMILES string of the molecule is C=CCOc1ccc(C2Oc3ccc(Cl)cc3C3CC(c4ccc(Cl)cc4)=NN32)cc1. The standard InChI is InChI=1S/C25H20Cl2N2O2/c1-2-13-30-20-10-5-17(6-11-20)25-29-23(21-14-19(27)9-12-24(21)31-25)15-22(28-29)16-3-7-18(26)8-4-16/h2-12,14,23,25H,1,13,15H2. The molecule has 0 amide bonds. The van der Waals surface area contributed by atoms with Gasteiger partial charge in [0.2, 0.25) is 6.23 Å². The lowest BCUT2D eigenvalue weighted by Crippen LogP contribution is -2.33. The van der Waals surface area contributed by atoms with E-state index >= 15 is 0 Å². The van der Waals surface area contributed by atoms with Gasteiger partial charge >= 0.3 is 0 Å². The van der Waals surface area contributed by atoms with Crippen molar-refractivity contribution in [1.29, 1.82) is 0 Å². The molecule has 2 atom stereocenters. The summed E-state index contributed by atoms with van der Waals surface area (Å²) in [5.74, 6) is 1.62. The Morgan fingerprint density at radius 3 is 2.52 bits per heavy atom. The van der Waals surface area contributed by atoms with E-state index in [1.165, 1.54) is 0 Å². The molecule has 0 saturated heterocycles. The summed E-state index contributed by atoms with van der Waals surface area (Å²) in [5.41, 5.74) is 4.09. The second-order valence-corrected chi connectivity index (χ2v) is 8.35. The number of hydrogen-bond donors (Lipinski definition) is 0. The van der Waals surface area contributed by atoms with Crippen LogP contribution in [0, 0.1) is 0 Å². The second-order valence-electron chi connectivity index (χ2n) is 7.47. The topological polar surface area (TPSA) is 34.1 Å². The number of halogens is 2. The van der Waals surface area contributed by atoms with Gasteiger partial charge in [-0.3, -0.25) is 0 Å². The zero-order valence-electron chi connectivity index (χ0n) is 16.7. The molecule has 0 bridgehead atoms. The first kappa shape index (κ1) is 20.0. The Kier molecular flexibility index (Phi) is 5.34. The average molecular weight is 451 g/mol. The highest BCUT2D eigenvalue weighted by atomic mass is 35.5. The Hall–Kier alpha value is -2.95. The Balaban J connectivity index is 1.52. The Morgan fingerprint density at radius 2 is 1.77 bits per heavy atom. The van der Waals surface area contributed by atoms with Crippen LogP contribution in [0.25, 0.3) is 0 Å². The third kappa shape index (κ3) is 3.89. The summed E-state index contributed by atoms with van der Waals surface area (Å²) in [5, 5.41) is 8.38. The summed E-state index contributed by atoms with van der Waals surface area (Å²) in [4.78, 5) is 0. The summed E-state index contributed by atoms with van der Waals surface area (Å²) in [7, 11) is 0. The van der Waals surface area contributed by atoms with Gasteiger partial charge in [-0.15, -0.1) is 0 Å². The molecule has 2 aliphatic rings. The van der Waals surface area contributed by atoms with Crippen LogP contribution in [0.2, 0.25) is 10.0 Å². The first-order valence-electron chi connectivity index (χ1n) is 10.0. The maximum Gasteiger partial charge on any atom is 0.213 e. The minimum absolute atomic E-state index is 0.0369. The molecule has 0 N–H and O–H groups in total. The molecule has 0 saturated carbocycles. The molecule has 31 heavy (non-hydrogen) atoms. The Morgan fingerprint density at radius 1 is 1.03 bits per heavy atom. The third-order valence-corrected chi connectivity index (χ3v) is 5.95. The fourth-order valence-corrected chi connectivity index (χ4v) is 4.29. The number of rotatable bonds is 5. The van der Waals surface area contributed by atoms with Crippen molar-refractivity contribution in [2.24, 2.45) is 5.10 Å². The van der Waals surface area contributed by atoms with Crippen molar-refractivity contribution in [3.63, 3.8) is 0 Å². The molecular formula is C25H20Cl2N2O2. The lowest BCUT2D eigenvalue weighted by atomic mass is 9.96. The number of hydrogen-bond acceptors (Lipinski definition) is 4. The molecular weight excluding hydrogens is 431 g/mol. The van der Waals surface area contributed by atoms with E-state index in [1.807, 2.05) is 71.7 Å². The van der Waals surface area contributed by atoms with Crippen molar-refractivity contribution in [2.45, 2.75) is 18.7 Å². The molecule has 6 heteroatoms. The molecule has 0 radical (unpaired) electrons. The molecule has 0 aromatic heterocycles. The van der Waals surface area contributed by atoms with Gasteiger partial charge in [-0.1, -0.05) is 48.0 Å². The molecule has 3 aromatic carbocycles. The van der Waals surface area contributed by atoms with E-state index in [9.17, 15) is 0 Å². The predicted molar refractivity (Wildman–Crippen MR) is 124 cm³/mol. The van der Waals surface area contributed by atoms with E-state index in [4.69, 9.17) is 37.8 Å². The first-order chi connectivity index (χ1) is 15.1. The van der Waals surface area contributed by atoms with Crippen molar-refractivity contribution in [3.05, 3.63) is 106 Å². The monoisotopic (exact) mass is 450 g/mol. The van der Waals surface area contributed by atoms with E-state index in [1.54, 1.807) is 6.08 Å². The van der Waals surface area contributed by atoms with Gasteiger partial charge in [0.15, 0.2) is 0 Å². The molecule has 0 fully saturated rings. The quantitative estimate of drug-likeness (QED) is 0.400. The van der Waals surface area contributed by atoms with E-state index in [2.05, 4.69) is 6.58 Å². The molecule has 2 unspecified atom stereocenters. The molecule has 2 aliphatic heterocycles. The summed E-state index contributed by atoms with van der Waals surface area (Å²) < 4.78 is 12.0. The zero-order valence-corrected chi connectivity index (χ0v) is 18.2. The molecule has 156 valence electrons. The van der Waals surface area contributed by atoms with E-state index in [0.29, 0.717) is 16.7 Å². The van der Waals surface area contributed by atoms with E-state index < -0.39 is 0 Å². The first-order valence-corrected chi connectivity index (χ1v) is 10.8. The molecule has 0 spiro atoms. The number of benzene rings is 3. The zero-order chi connectivity index (χ0) is 21.4. The van der Waals surface area contributed by atoms with Gasteiger partial charge in [-0.2, -0.15) is 5.10 Å². The van der Waals surface area contributed by atoms with Crippen LogP contribution in [0.15, 0.2) is 84.5 Å². The highest BCUT2D eigenvalue weighted by Gasteiger charge is 2.41. The van der Waals surface area contributed by atoms with Gasteiger partial charge in [0.05, 0.1) is 11.8 Å². The maximum atomic E-state index is 6.39. The summed E-state index contributed by atoms with van der Waals surface area (Å²) >= 11 is 12.4. The van der Waals surface area contributed by atoms with Crippen molar-refractivity contribution in [2.75, 3.05) is 6.61 Å². The number of fused-ring (bicyclic) bond motifs is 3. The van der Waals surface area contributed by atoms with Gasteiger partial charge in [0.1, 0.15) is 18.1 Å². The number of ether oxygens (including phenoxy) is 2. The van der Waals surface area contributed by atoms with Crippen LogP contribution in [-0.4, -0.2) is 17.3 Å². The second kappa shape index (κ2) is 8.29. The van der Waals surface area contributed by atoms with Crippen LogP contribution in [0.4, 0.5) is 0 Å². The van der Waals surface area contributed by atoms with Crippen molar-refractivity contribution >= 4 is 28.9 Å². The van der Waals surface area contributed by atoms with Gasteiger partial charge in [-0.25, -0.2) is 5.01 Å². The lowest BCUT2D eigenvalue weighted by molar-refractivity contribution is -0.0190. The number of nitrogens with zero attached hydrogens (tertiary/aromatic N) is 2. The average Bonchev–Trinajstić information content (AvgIpc) is 3.24. The number of hydrazone groups is 1. The minimum atomic E-state index is -0.350. The van der Waals surface area contributed by atoms with Crippen molar-refractivity contribution < 1.29 is 9.47 Å². The molecule has 2 heterocycles. The van der Waals surface area contributed by atoms with Gasteiger partial charge in [0, 0.05) is 27.6 Å². The predicted octanol–water partition coefficient (Wildman–Crippen LogP) is 6.80. The van der Waals surface area contributed by atoms with Crippen LogP contribution in [0.1, 0.15) is 35.4 Å². The highest BCUT2D eigenvalue weighted by molar-refractivity contribution is 6.31. The molecule has 3 aromatic rings. The van der Waals surface area contributed by atoms with Gasteiger partial charge < -0.3 is 9.47 Å². The summed E-state index contributed by atoms with van der Waals surface area (Å²) in [6, 6.07) is 21.5. The van der Waals surface area contributed by atoms with E-state index in [-0.39, 0.29) is 12.3 Å². The smallest absolute Gasteiger partial charge is 0.213 e. The molecule has 5 rings (SSSR count). The highest BCUT2D eigenvalue weighted by Crippen LogP contribution is 2.48. The van der Waals surface area contributed by atoms with Gasteiger partial charge in [0.25, 0.3) is 0 Å². The van der Waals surface area contributed by atoms with Crippen LogP contribution >= 0.6 is 23.2 Å². The van der Waals surface area contributed by atoms with Crippen LogP contribution < -0.4 is 9.47 Å². The van der Waals surface area contributed by atoms with Crippen molar-refractivity contribution in [1.82, 2.24) is 5.01 Å². The fraction of sp³-hybridized carbons (Fsp3) is 0.160. The Bertz CT molecular complexity index is 1140. The largest absolute Gasteiger partial charge is 0.490 e. The summed E-state index contributed by atoms with van der Waals surface area (Å²) in [6.07, 6.45) is 2.13. The van der Waals surface area contributed by atoms with Crippen molar-refractivity contribution in [3.8, 4) is 11.5 Å². The van der Waals surface area contributed by atoms with Gasteiger partial charge in [-0.05, 0) is 60.2 Å². The third-order valence-electron chi connectivity index (χ3n) is 5.46. The lowest BCUT2D eigenvalue weighted by Gasteiger charge is -2.38. The summed E-state index contributed by atoms with van der Waals surface area (Å²) in [6.45, 7) is 4.15. The Labute approximate surface area is 191 Å². The molecule has 0 aliphatic carbocycles. The maximum absolute atomic E-state index is 6.39. The van der Waals surface area contributed by atoms with E-state index in [0.717, 1.165) is 40.3 Å². The van der Waals surface area contributed by atoms with Crippen LogP contribution in [-0.2, 0) is 0 Å². The molecule has 4 nitrogen and oxygen atoms in total.